The van der Waals surface area contributed by atoms with E-state index in [9.17, 15) is 4.79 Å². The van der Waals surface area contributed by atoms with Crippen LogP contribution in [-0.4, -0.2) is 31.7 Å². The molecule has 0 saturated carbocycles. The molecule has 1 aromatic heterocycles. The molecule has 0 radical (unpaired) electrons. The number of carbonyl (C=O) groups is 1. The van der Waals surface area contributed by atoms with Crippen LogP contribution in [0.25, 0.3) is 0 Å². The average Bonchev–Trinajstić information content (AvgIpc) is 3.00. The third-order valence-corrected chi connectivity index (χ3v) is 2.50. The van der Waals surface area contributed by atoms with E-state index in [4.69, 9.17) is 5.11 Å². The Kier molecular flexibility index (Phi) is 11.8. The molecule has 0 atom stereocenters. The first-order chi connectivity index (χ1) is 11.0. The Morgan fingerprint density at radius 2 is 1.91 bits per heavy atom. The molecule has 0 aliphatic heterocycles. The number of allylic oxidation sites excluding steroid dienone is 2. The van der Waals surface area contributed by atoms with Gasteiger partial charge in [-0.15, -0.1) is 10.2 Å². The molecular weight excluding hydrogens is 292 g/mol. The number of carboxylic acids is 1. The van der Waals surface area contributed by atoms with Crippen LogP contribution in [0.4, 0.5) is 0 Å². The van der Waals surface area contributed by atoms with Gasteiger partial charge in [0.25, 0.3) is 0 Å². The van der Waals surface area contributed by atoms with Crippen molar-refractivity contribution < 1.29 is 9.90 Å². The lowest BCUT2D eigenvalue weighted by molar-refractivity contribution is -0.137. The van der Waals surface area contributed by atoms with Crippen molar-refractivity contribution in [3.63, 3.8) is 0 Å². The van der Waals surface area contributed by atoms with E-state index in [1.165, 1.54) is 17.6 Å². The van der Waals surface area contributed by atoms with Crippen LogP contribution in [0.3, 0.4) is 0 Å². The van der Waals surface area contributed by atoms with Crippen LogP contribution in [0.15, 0.2) is 42.0 Å². The first kappa shape index (κ1) is 20.5. The second-order valence-corrected chi connectivity index (χ2v) is 5.07. The van der Waals surface area contributed by atoms with Gasteiger partial charge < -0.3 is 5.11 Å². The topological polar surface area (TPSA) is 91.8 Å². The van der Waals surface area contributed by atoms with Gasteiger partial charge in [-0.1, -0.05) is 59.7 Å². The highest BCUT2D eigenvalue weighted by Crippen LogP contribution is 1.92. The Hall–Kier alpha value is -2.50. The van der Waals surface area contributed by atoms with Crippen LogP contribution in [0, 0.1) is 6.92 Å². The zero-order valence-corrected chi connectivity index (χ0v) is 14.3. The molecule has 126 valence electrons. The number of hydrogen-bond acceptors (Lipinski definition) is 4. The van der Waals surface area contributed by atoms with Gasteiger partial charge in [0.2, 0.25) is 0 Å². The molecule has 0 spiro atoms. The average molecular weight is 318 g/mol. The van der Waals surface area contributed by atoms with Crippen LogP contribution in [0.5, 0.6) is 0 Å². The number of aryl methyl sites for hydroxylation is 2. The summed E-state index contributed by atoms with van der Waals surface area (Å²) in [6, 6.07) is 10.3. The van der Waals surface area contributed by atoms with Crippen molar-refractivity contribution in [1.29, 1.82) is 0 Å². The number of aromatic amines is 1. The highest BCUT2D eigenvalue weighted by Gasteiger charge is 2.01. The summed E-state index contributed by atoms with van der Waals surface area (Å²) in [6.07, 6.45) is 3.74. The van der Waals surface area contributed by atoms with Gasteiger partial charge in [0.05, 0.1) is 6.42 Å². The van der Waals surface area contributed by atoms with E-state index >= 15 is 0 Å². The summed E-state index contributed by atoms with van der Waals surface area (Å²) in [5.41, 5.74) is 2.74. The first-order valence-electron chi connectivity index (χ1n) is 7.54. The summed E-state index contributed by atoms with van der Waals surface area (Å²) in [5.74, 6) is -0.424. The molecule has 2 rings (SSSR count). The van der Waals surface area contributed by atoms with Gasteiger partial charge in [0.15, 0.2) is 5.82 Å². The minimum Gasteiger partial charge on any atom is -0.481 e. The maximum absolute atomic E-state index is 10.0. The molecule has 0 bridgehead atoms. The molecule has 2 aromatic rings. The molecule has 0 aliphatic carbocycles. The quantitative estimate of drug-likeness (QED) is 0.841. The van der Waals surface area contributed by atoms with Crippen LogP contribution < -0.4 is 0 Å². The first-order valence-corrected chi connectivity index (χ1v) is 7.54. The zero-order valence-electron chi connectivity index (χ0n) is 14.3. The number of carboxylic acid groups (broad SMARTS) is 1. The van der Waals surface area contributed by atoms with Gasteiger partial charge in [-0.05, 0) is 27.2 Å². The number of H-pyrrole nitrogens is 1. The molecule has 1 aromatic carbocycles. The molecule has 0 saturated heterocycles. The molecule has 0 fully saturated rings. The highest BCUT2D eigenvalue weighted by atomic mass is 16.4. The molecular formula is C17H26N4O2. The van der Waals surface area contributed by atoms with E-state index in [0.717, 1.165) is 0 Å². The van der Waals surface area contributed by atoms with Crippen molar-refractivity contribution >= 4 is 5.97 Å². The number of nitrogens with zero attached hydrogens (tertiary/aromatic N) is 3. The number of benzene rings is 1. The van der Waals surface area contributed by atoms with Gasteiger partial charge in [-0.25, -0.2) is 0 Å². The van der Waals surface area contributed by atoms with Gasteiger partial charge in [-0.3, -0.25) is 4.79 Å². The van der Waals surface area contributed by atoms with E-state index in [2.05, 4.69) is 66.5 Å². The number of nitrogens with one attached hydrogen (secondary N) is 1. The van der Waals surface area contributed by atoms with Crippen LogP contribution in [0.1, 0.15) is 45.0 Å². The lowest BCUT2D eigenvalue weighted by Gasteiger charge is -1.85. The lowest BCUT2D eigenvalue weighted by Crippen LogP contribution is -1.98. The van der Waals surface area contributed by atoms with E-state index in [-0.39, 0.29) is 6.42 Å². The minimum absolute atomic E-state index is 0.0412. The molecule has 6 heteroatoms. The summed E-state index contributed by atoms with van der Waals surface area (Å²) in [7, 11) is 0. The number of tetrazole rings is 1. The van der Waals surface area contributed by atoms with Crippen molar-refractivity contribution in [3.05, 3.63) is 53.4 Å². The lowest BCUT2D eigenvalue weighted by atomic mass is 10.2. The minimum atomic E-state index is -0.857. The smallest absolute Gasteiger partial charge is 0.303 e. The van der Waals surface area contributed by atoms with Gasteiger partial charge in [0.1, 0.15) is 0 Å². The van der Waals surface area contributed by atoms with Crippen molar-refractivity contribution in [2.75, 3.05) is 0 Å². The highest BCUT2D eigenvalue weighted by molar-refractivity contribution is 5.66. The fourth-order valence-corrected chi connectivity index (χ4v) is 1.45. The number of hydrogen-bond donors (Lipinski definition) is 2. The van der Waals surface area contributed by atoms with Gasteiger partial charge in [-0.2, -0.15) is 5.21 Å². The molecule has 1 heterocycles. The van der Waals surface area contributed by atoms with Crippen LogP contribution in [0.2, 0.25) is 0 Å². The predicted molar refractivity (Wildman–Crippen MR) is 91.0 cm³/mol. The van der Waals surface area contributed by atoms with E-state index in [1.807, 2.05) is 18.2 Å². The summed E-state index contributed by atoms with van der Waals surface area (Å²) in [5, 5.41) is 20.9. The Morgan fingerprint density at radius 1 is 1.26 bits per heavy atom. The van der Waals surface area contributed by atoms with Crippen molar-refractivity contribution in [2.45, 2.75) is 47.0 Å². The standard InChI is InChI=1S/C7H8.C6H12.C4H6N4O2/c1-7-5-3-2-4-6-7;1-4-5-6(2)3;9-4(10)2-1-3-5-7-8-6-3/h2-6H,1H3;5H,4H2,1-3H3;1-2H2,(H,9,10)(H,5,6,7,8). The van der Waals surface area contributed by atoms with Crippen molar-refractivity contribution in [1.82, 2.24) is 20.6 Å². The van der Waals surface area contributed by atoms with Crippen molar-refractivity contribution in [2.24, 2.45) is 0 Å². The number of aromatic nitrogens is 4. The summed E-state index contributed by atoms with van der Waals surface area (Å²) < 4.78 is 0. The number of aliphatic carboxylic acids is 1. The van der Waals surface area contributed by atoms with E-state index in [0.29, 0.717) is 12.2 Å². The molecule has 23 heavy (non-hydrogen) atoms. The van der Waals surface area contributed by atoms with E-state index < -0.39 is 5.97 Å². The monoisotopic (exact) mass is 318 g/mol. The molecule has 2 N–H and O–H groups in total. The fourth-order valence-electron chi connectivity index (χ4n) is 1.45. The Bertz CT molecular complexity index is 547. The fraction of sp³-hybridized carbons (Fsp3) is 0.412. The predicted octanol–water partition coefficient (Wildman–Crippen LogP) is 3.57. The third kappa shape index (κ3) is 14.2. The SMILES string of the molecule is CCC=C(C)C.Cc1ccccc1.O=C(O)CCc1nn[nH]n1. The maximum atomic E-state index is 10.0. The van der Waals surface area contributed by atoms with E-state index in [1.54, 1.807) is 0 Å². The molecule has 0 amide bonds. The number of rotatable bonds is 4. The second kappa shape index (κ2) is 13.2. The molecule has 0 unspecified atom stereocenters. The third-order valence-electron chi connectivity index (χ3n) is 2.50. The largest absolute Gasteiger partial charge is 0.481 e. The Labute approximate surface area is 137 Å². The zero-order chi connectivity index (χ0) is 17.5. The molecule has 6 nitrogen and oxygen atoms in total. The molecule has 0 aliphatic rings. The summed E-state index contributed by atoms with van der Waals surface area (Å²) in [6.45, 7) is 8.46. The summed E-state index contributed by atoms with van der Waals surface area (Å²) >= 11 is 0. The summed E-state index contributed by atoms with van der Waals surface area (Å²) in [4.78, 5) is 10.0. The van der Waals surface area contributed by atoms with Crippen LogP contribution in [-0.2, 0) is 11.2 Å². The second-order valence-electron chi connectivity index (χ2n) is 5.07. The maximum Gasteiger partial charge on any atom is 0.303 e. The van der Waals surface area contributed by atoms with Gasteiger partial charge in [0, 0.05) is 6.42 Å². The Morgan fingerprint density at radius 3 is 2.22 bits per heavy atom. The van der Waals surface area contributed by atoms with Crippen LogP contribution >= 0.6 is 0 Å². The normalized spacial score (nSPS) is 8.87. The van der Waals surface area contributed by atoms with Gasteiger partial charge >= 0.3 is 5.97 Å². The van der Waals surface area contributed by atoms with Crippen molar-refractivity contribution in [3.8, 4) is 0 Å². The Balaban J connectivity index is 0.000000330.